The van der Waals surface area contributed by atoms with Crippen LogP contribution in [0.25, 0.3) is 0 Å². The summed E-state index contributed by atoms with van der Waals surface area (Å²) in [5.41, 5.74) is 2.77. The Morgan fingerprint density at radius 1 is 0.879 bits per heavy atom. The minimum Gasteiger partial charge on any atom is -0.467 e. The molecule has 0 spiro atoms. The monoisotopic (exact) mass is 448 g/mol. The average molecular weight is 449 g/mol. The summed E-state index contributed by atoms with van der Waals surface area (Å²) in [7, 11) is 1.63. The quantitative estimate of drug-likeness (QED) is 0.382. The van der Waals surface area contributed by atoms with E-state index in [1.165, 1.54) is 5.56 Å². The van der Waals surface area contributed by atoms with Crippen molar-refractivity contribution in [3.8, 4) is 0 Å². The molecule has 0 saturated carbocycles. The maximum atomic E-state index is 13.4. The first-order valence-electron chi connectivity index (χ1n) is 11.3. The smallest absolute Gasteiger partial charge is 0.254 e. The third-order valence-electron chi connectivity index (χ3n) is 5.49. The second-order valence-electron chi connectivity index (χ2n) is 7.94. The molecule has 0 bridgehead atoms. The van der Waals surface area contributed by atoms with Crippen molar-refractivity contribution in [3.63, 3.8) is 0 Å². The Kier molecular flexibility index (Phi) is 9.27. The molecule has 0 aliphatic heterocycles. The minimum absolute atomic E-state index is 0.00831. The topological polar surface area (TPSA) is 63.0 Å². The van der Waals surface area contributed by atoms with Gasteiger partial charge >= 0.3 is 0 Å². The summed E-state index contributed by atoms with van der Waals surface area (Å²) in [6.45, 7) is 3.80. The maximum Gasteiger partial charge on any atom is 0.254 e. The maximum absolute atomic E-state index is 13.4. The number of carbonyl (C=O) groups excluding carboxylic acids is 2. The van der Waals surface area contributed by atoms with E-state index in [0.29, 0.717) is 44.0 Å². The molecule has 3 rings (SSSR count). The Labute approximate surface area is 195 Å². The van der Waals surface area contributed by atoms with Gasteiger partial charge in [-0.1, -0.05) is 49.4 Å². The third kappa shape index (κ3) is 7.32. The lowest BCUT2D eigenvalue weighted by atomic mass is 10.1. The zero-order valence-electron chi connectivity index (χ0n) is 19.4. The Balaban J connectivity index is 1.77. The summed E-state index contributed by atoms with van der Waals surface area (Å²) in [6.07, 6.45) is 3.16. The van der Waals surface area contributed by atoms with Gasteiger partial charge in [0.05, 0.1) is 12.8 Å². The summed E-state index contributed by atoms with van der Waals surface area (Å²) in [5.74, 6) is 0.414. The first-order valence-corrected chi connectivity index (χ1v) is 11.3. The molecule has 1 aromatic heterocycles. The van der Waals surface area contributed by atoms with E-state index in [1.54, 1.807) is 29.2 Å². The van der Waals surface area contributed by atoms with Crippen molar-refractivity contribution in [2.24, 2.45) is 0 Å². The van der Waals surface area contributed by atoms with E-state index in [2.05, 4.69) is 6.92 Å². The summed E-state index contributed by atoms with van der Waals surface area (Å²) in [5, 5.41) is 0. The van der Waals surface area contributed by atoms with Crippen molar-refractivity contribution in [1.82, 2.24) is 9.80 Å². The van der Waals surface area contributed by atoms with Crippen LogP contribution in [0.1, 0.15) is 40.6 Å². The number of amides is 2. The lowest BCUT2D eigenvalue weighted by Crippen LogP contribution is -2.43. The molecule has 2 amide bonds. The summed E-state index contributed by atoms with van der Waals surface area (Å²) in [4.78, 5) is 30.0. The van der Waals surface area contributed by atoms with Crippen LogP contribution in [0, 0.1) is 0 Å². The Morgan fingerprint density at radius 3 is 2.27 bits per heavy atom. The highest BCUT2D eigenvalue weighted by atomic mass is 16.5. The second-order valence-corrected chi connectivity index (χ2v) is 7.94. The molecule has 6 nitrogen and oxygen atoms in total. The molecular formula is C27H32N2O4. The molecule has 0 N–H and O–H groups in total. The molecule has 0 radical (unpaired) electrons. The van der Waals surface area contributed by atoms with Crippen LogP contribution in [-0.4, -0.2) is 48.4 Å². The molecule has 2 aromatic carbocycles. The van der Waals surface area contributed by atoms with E-state index in [0.717, 1.165) is 12.0 Å². The number of carbonyl (C=O) groups is 2. The number of hydrogen-bond acceptors (Lipinski definition) is 4. The fourth-order valence-electron chi connectivity index (χ4n) is 3.61. The number of rotatable bonds is 12. The number of furan rings is 1. The van der Waals surface area contributed by atoms with Crippen molar-refractivity contribution in [3.05, 3.63) is 95.4 Å². The standard InChI is InChI=1S/C27H32N2O4/c1-3-22-12-14-24(15-13-22)27(31)28(16-8-17-32-2)21-26(30)29(20-25-11-7-18-33-25)19-23-9-5-4-6-10-23/h4-7,9-15,18H,3,8,16-17,19-21H2,1-2H3. The number of ether oxygens (including phenoxy) is 1. The van der Waals surface area contributed by atoms with E-state index >= 15 is 0 Å². The lowest BCUT2D eigenvalue weighted by Gasteiger charge is -2.27. The van der Waals surface area contributed by atoms with Crippen molar-refractivity contribution in [2.75, 3.05) is 26.8 Å². The van der Waals surface area contributed by atoms with Crippen molar-refractivity contribution < 1.29 is 18.7 Å². The average Bonchev–Trinajstić information content (AvgIpc) is 3.36. The van der Waals surface area contributed by atoms with Gasteiger partial charge in [0.25, 0.3) is 5.91 Å². The molecule has 174 valence electrons. The van der Waals surface area contributed by atoms with Crippen LogP contribution in [0.2, 0.25) is 0 Å². The van der Waals surface area contributed by atoms with Crippen LogP contribution in [0.15, 0.2) is 77.4 Å². The molecule has 0 saturated heterocycles. The molecule has 0 atom stereocenters. The highest BCUT2D eigenvalue weighted by molar-refractivity contribution is 5.96. The van der Waals surface area contributed by atoms with Crippen LogP contribution in [-0.2, 0) is 29.0 Å². The van der Waals surface area contributed by atoms with Crippen LogP contribution in [0.5, 0.6) is 0 Å². The van der Waals surface area contributed by atoms with Crippen molar-refractivity contribution in [1.29, 1.82) is 0 Å². The van der Waals surface area contributed by atoms with Gasteiger partial charge in [0.2, 0.25) is 5.91 Å². The van der Waals surface area contributed by atoms with E-state index in [1.807, 2.05) is 60.7 Å². The Hall–Kier alpha value is -3.38. The normalized spacial score (nSPS) is 10.7. The number of hydrogen-bond donors (Lipinski definition) is 0. The predicted octanol–water partition coefficient (Wildman–Crippen LogP) is 4.55. The zero-order valence-corrected chi connectivity index (χ0v) is 19.4. The lowest BCUT2D eigenvalue weighted by molar-refractivity contribution is -0.133. The first-order chi connectivity index (χ1) is 16.1. The summed E-state index contributed by atoms with van der Waals surface area (Å²) >= 11 is 0. The number of nitrogens with zero attached hydrogens (tertiary/aromatic N) is 2. The number of methoxy groups -OCH3 is 1. The van der Waals surface area contributed by atoms with Crippen LogP contribution >= 0.6 is 0 Å². The molecule has 6 heteroatoms. The second kappa shape index (κ2) is 12.6. The van der Waals surface area contributed by atoms with Gasteiger partial charge in [0, 0.05) is 32.4 Å². The van der Waals surface area contributed by atoms with Gasteiger partial charge in [-0.3, -0.25) is 9.59 Å². The number of aryl methyl sites for hydroxylation is 1. The van der Waals surface area contributed by atoms with Crippen LogP contribution < -0.4 is 0 Å². The predicted molar refractivity (Wildman–Crippen MR) is 128 cm³/mol. The van der Waals surface area contributed by atoms with Crippen LogP contribution in [0.4, 0.5) is 0 Å². The van der Waals surface area contributed by atoms with Gasteiger partial charge in [-0.25, -0.2) is 0 Å². The minimum atomic E-state index is -0.153. The van der Waals surface area contributed by atoms with Gasteiger partial charge in [-0.2, -0.15) is 0 Å². The molecule has 33 heavy (non-hydrogen) atoms. The van der Waals surface area contributed by atoms with Gasteiger partial charge in [-0.15, -0.1) is 0 Å². The summed E-state index contributed by atoms with van der Waals surface area (Å²) < 4.78 is 10.6. The zero-order chi connectivity index (χ0) is 23.5. The van der Waals surface area contributed by atoms with E-state index in [4.69, 9.17) is 9.15 Å². The molecule has 0 fully saturated rings. The first kappa shape index (κ1) is 24.3. The van der Waals surface area contributed by atoms with Gasteiger partial charge in [-0.05, 0) is 48.2 Å². The Bertz CT molecular complexity index is 985. The fourth-order valence-corrected chi connectivity index (χ4v) is 3.61. The SMILES string of the molecule is CCc1ccc(C(=O)N(CCCOC)CC(=O)N(Cc2ccccc2)Cc2ccco2)cc1. The highest BCUT2D eigenvalue weighted by Crippen LogP contribution is 2.14. The third-order valence-corrected chi connectivity index (χ3v) is 5.49. The molecule has 1 heterocycles. The number of benzene rings is 2. The van der Waals surface area contributed by atoms with Crippen molar-refractivity contribution in [2.45, 2.75) is 32.9 Å². The van der Waals surface area contributed by atoms with E-state index in [9.17, 15) is 9.59 Å². The van der Waals surface area contributed by atoms with Crippen molar-refractivity contribution >= 4 is 11.8 Å². The molecule has 3 aromatic rings. The van der Waals surface area contributed by atoms with Crippen LogP contribution in [0.3, 0.4) is 0 Å². The van der Waals surface area contributed by atoms with E-state index in [-0.39, 0.29) is 18.4 Å². The fraction of sp³-hybridized carbons (Fsp3) is 0.333. The van der Waals surface area contributed by atoms with Gasteiger partial charge < -0.3 is 19.0 Å². The van der Waals surface area contributed by atoms with Gasteiger partial charge in [0.15, 0.2) is 0 Å². The summed E-state index contributed by atoms with van der Waals surface area (Å²) in [6, 6.07) is 21.1. The highest BCUT2D eigenvalue weighted by Gasteiger charge is 2.23. The van der Waals surface area contributed by atoms with E-state index < -0.39 is 0 Å². The van der Waals surface area contributed by atoms with Gasteiger partial charge in [0.1, 0.15) is 12.3 Å². The molecular weight excluding hydrogens is 416 g/mol. The Morgan fingerprint density at radius 2 is 1.64 bits per heavy atom. The molecule has 0 unspecified atom stereocenters. The largest absolute Gasteiger partial charge is 0.467 e. The molecule has 0 aliphatic rings. The molecule has 0 aliphatic carbocycles.